The topological polar surface area (TPSA) is 41.6 Å². The summed E-state index contributed by atoms with van der Waals surface area (Å²) in [6, 6.07) is 14.0. The van der Waals surface area contributed by atoms with Gasteiger partial charge in [-0.05, 0) is 74.3 Å². The van der Waals surface area contributed by atoms with Crippen molar-refractivity contribution in [2.24, 2.45) is 0 Å². The number of hydrogen-bond donors (Lipinski definition) is 1. The van der Waals surface area contributed by atoms with Crippen LogP contribution in [0.15, 0.2) is 42.5 Å². The maximum absolute atomic E-state index is 12.3. The van der Waals surface area contributed by atoms with Gasteiger partial charge in [-0.25, -0.2) is 0 Å². The summed E-state index contributed by atoms with van der Waals surface area (Å²) in [7, 11) is 4.05. The number of ether oxygens (including phenoxy) is 1. The molecule has 1 amide bonds. The Morgan fingerprint density at radius 1 is 1.08 bits per heavy atom. The standard InChI is InChI=1S/C21H26N2O2/c1-23(2)12-13-25-20-10-6-16(7-11-20)15-22-21(24)19-9-8-17-4-3-5-18(17)14-19/h6-11,14H,3-5,12-13,15H2,1-2H3,(H,22,24). The molecule has 1 aliphatic rings. The van der Waals surface area contributed by atoms with Crippen LogP contribution in [-0.2, 0) is 19.4 Å². The molecule has 0 saturated heterocycles. The zero-order valence-electron chi connectivity index (χ0n) is 15.0. The van der Waals surface area contributed by atoms with Crippen molar-refractivity contribution in [3.8, 4) is 5.75 Å². The molecule has 0 radical (unpaired) electrons. The van der Waals surface area contributed by atoms with Crippen molar-refractivity contribution in [3.63, 3.8) is 0 Å². The fourth-order valence-electron chi connectivity index (χ4n) is 3.05. The van der Waals surface area contributed by atoms with Crippen molar-refractivity contribution in [3.05, 3.63) is 64.7 Å². The van der Waals surface area contributed by atoms with Gasteiger partial charge in [-0.1, -0.05) is 18.2 Å². The molecule has 0 atom stereocenters. The number of carbonyl (C=O) groups is 1. The van der Waals surface area contributed by atoms with Crippen molar-refractivity contribution < 1.29 is 9.53 Å². The summed E-state index contributed by atoms with van der Waals surface area (Å²) in [6.07, 6.45) is 3.43. The smallest absolute Gasteiger partial charge is 0.251 e. The van der Waals surface area contributed by atoms with Crippen LogP contribution in [0, 0.1) is 0 Å². The van der Waals surface area contributed by atoms with Crippen LogP contribution in [0.3, 0.4) is 0 Å². The highest BCUT2D eigenvalue weighted by molar-refractivity contribution is 5.94. The second-order valence-electron chi connectivity index (χ2n) is 6.82. The maximum atomic E-state index is 12.3. The highest BCUT2D eigenvalue weighted by Gasteiger charge is 2.13. The number of likely N-dealkylation sites (N-methyl/N-ethyl adjacent to an activating group) is 1. The number of nitrogens with zero attached hydrogens (tertiary/aromatic N) is 1. The minimum atomic E-state index is -0.0130. The molecule has 132 valence electrons. The number of benzene rings is 2. The summed E-state index contributed by atoms with van der Waals surface area (Å²) in [5, 5.41) is 3.00. The molecule has 0 heterocycles. The molecule has 0 unspecified atom stereocenters. The molecule has 0 spiro atoms. The third-order valence-electron chi connectivity index (χ3n) is 4.54. The zero-order valence-corrected chi connectivity index (χ0v) is 15.0. The predicted octanol–water partition coefficient (Wildman–Crippen LogP) is 3.05. The van der Waals surface area contributed by atoms with Crippen LogP contribution in [0.1, 0.15) is 33.5 Å². The van der Waals surface area contributed by atoms with Crippen molar-refractivity contribution in [1.29, 1.82) is 0 Å². The third kappa shape index (κ3) is 4.83. The van der Waals surface area contributed by atoms with Gasteiger partial charge < -0.3 is 15.0 Å². The molecular formula is C21H26N2O2. The summed E-state index contributed by atoms with van der Waals surface area (Å²) in [5.41, 5.74) is 4.53. The first-order valence-corrected chi connectivity index (χ1v) is 8.88. The van der Waals surface area contributed by atoms with Gasteiger partial charge in [0.1, 0.15) is 12.4 Å². The first kappa shape index (κ1) is 17.5. The van der Waals surface area contributed by atoms with E-state index in [0.29, 0.717) is 13.2 Å². The van der Waals surface area contributed by atoms with E-state index in [1.54, 1.807) is 0 Å². The van der Waals surface area contributed by atoms with E-state index in [4.69, 9.17) is 4.74 Å². The molecule has 2 aromatic carbocycles. The van der Waals surface area contributed by atoms with Gasteiger partial charge in [-0.3, -0.25) is 4.79 Å². The lowest BCUT2D eigenvalue weighted by molar-refractivity contribution is 0.0951. The number of amides is 1. The van der Waals surface area contributed by atoms with Gasteiger partial charge in [-0.2, -0.15) is 0 Å². The second kappa shape index (κ2) is 8.17. The molecule has 2 aromatic rings. The molecule has 1 aliphatic carbocycles. The number of rotatable bonds is 7. The molecule has 25 heavy (non-hydrogen) atoms. The molecule has 1 N–H and O–H groups in total. The summed E-state index contributed by atoms with van der Waals surface area (Å²) in [5.74, 6) is 0.844. The molecule has 0 fully saturated rings. The van der Waals surface area contributed by atoms with Gasteiger partial charge in [0, 0.05) is 18.7 Å². The van der Waals surface area contributed by atoms with Crippen molar-refractivity contribution >= 4 is 5.91 Å². The molecule has 0 bridgehead atoms. The van der Waals surface area contributed by atoms with E-state index < -0.39 is 0 Å². The van der Waals surface area contributed by atoms with Crippen LogP contribution in [0.5, 0.6) is 5.75 Å². The first-order chi connectivity index (χ1) is 12.1. The molecule has 0 saturated carbocycles. The normalized spacial score (nSPS) is 12.9. The Labute approximate surface area is 149 Å². The SMILES string of the molecule is CN(C)CCOc1ccc(CNC(=O)c2ccc3c(c2)CCC3)cc1. The lowest BCUT2D eigenvalue weighted by Crippen LogP contribution is -2.23. The lowest BCUT2D eigenvalue weighted by Gasteiger charge is -2.11. The van der Waals surface area contributed by atoms with Gasteiger partial charge >= 0.3 is 0 Å². The average Bonchev–Trinajstić information content (AvgIpc) is 3.08. The van der Waals surface area contributed by atoms with Gasteiger partial charge in [0.15, 0.2) is 0 Å². The lowest BCUT2D eigenvalue weighted by atomic mass is 10.1. The molecule has 0 aliphatic heterocycles. The molecular weight excluding hydrogens is 312 g/mol. The summed E-state index contributed by atoms with van der Waals surface area (Å²) in [4.78, 5) is 14.4. The quantitative estimate of drug-likeness (QED) is 0.844. The number of aryl methyl sites for hydroxylation is 2. The highest BCUT2D eigenvalue weighted by Crippen LogP contribution is 2.22. The Morgan fingerprint density at radius 2 is 1.84 bits per heavy atom. The summed E-state index contributed by atoms with van der Waals surface area (Å²) >= 11 is 0. The summed E-state index contributed by atoms with van der Waals surface area (Å²) in [6.45, 7) is 2.08. The number of hydrogen-bond acceptors (Lipinski definition) is 3. The number of fused-ring (bicyclic) bond motifs is 1. The highest BCUT2D eigenvalue weighted by atomic mass is 16.5. The Kier molecular flexibility index (Phi) is 5.71. The Morgan fingerprint density at radius 3 is 2.60 bits per heavy atom. The maximum Gasteiger partial charge on any atom is 0.251 e. The molecule has 4 heteroatoms. The van der Waals surface area contributed by atoms with E-state index in [9.17, 15) is 4.79 Å². The van der Waals surface area contributed by atoms with E-state index in [2.05, 4.69) is 16.3 Å². The monoisotopic (exact) mass is 338 g/mol. The Bertz CT molecular complexity index is 723. The predicted molar refractivity (Wildman–Crippen MR) is 100 cm³/mol. The Balaban J connectivity index is 1.50. The van der Waals surface area contributed by atoms with Crippen molar-refractivity contribution in [2.75, 3.05) is 27.2 Å². The fourth-order valence-corrected chi connectivity index (χ4v) is 3.05. The first-order valence-electron chi connectivity index (χ1n) is 8.88. The Hall–Kier alpha value is -2.33. The van der Waals surface area contributed by atoms with Crippen LogP contribution in [0.2, 0.25) is 0 Å². The van der Waals surface area contributed by atoms with Gasteiger partial charge in [0.25, 0.3) is 5.91 Å². The largest absolute Gasteiger partial charge is 0.492 e. The second-order valence-corrected chi connectivity index (χ2v) is 6.82. The van der Waals surface area contributed by atoms with E-state index in [1.165, 1.54) is 17.5 Å². The van der Waals surface area contributed by atoms with Crippen molar-refractivity contribution in [2.45, 2.75) is 25.8 Å². The fraction of sp³-hybridized carbons (Fsp3) is 0.381. The molecule has 3 rings (SSSR count). The minimum Gasteiger partial charge on any atom is -0.492 e. The average molecular weight is 338 g/mol. The van der Waals surface area contributed by atoms with Gasteiger partial charge in [0.05, 0.1) is 0 Å². The van der Waals surface area contributed by atoms with Crippen LogP contribution in [-0.4, -0.2) is 38.1 Å². The zero-order chi connectivity index (χ0) is 17.6. The number of carbonyl (C=O) groups excluding carboxylic acids is 1. The van der Waals surface area contributed by atoms with Crippen LogP contribution in [0.4, 0.5) is 0 Å². The van der Waals surface area contributed by atoms with Crippen LogP contribution in [0.25, 0.3) is 0 Å². The van der Waals surface area contributed by atoms with Crippen LogP contribution >= 0.6 is 0 Å². The summed E-state index contributed by atoms with van der Waals surface area (Å²) < 4.78 is 5.68. The van der Waals surface area contributed by atoms with E-state index >= 15 is 0 Å². The van der Waals surface area contributed by atoms with E-state index in [-0.39, 0.29) is 5.91 Å². The third-order valence-corrected chi connectivity index (χ3v) is 4.54. The van der Waals surface area contributed by atoms with Crippen LogP contribution < -0.4 is 10.1 Å². The number of nitrogens with one attached hydrogen (secondary N) is 1. The molecule has 0 aromatic heterocycles. The van der Waals surface area contributed by atoms with Crippen molar-refractivity contribution in [1.82, 2.24) is 10.2 Å². The van der Waals surface area contributed by atoms with E-state index in [0.717, 1.165) is 36.3 Å². The van der Waals surface area contributed by atoms with E-state index in [1.807, 2.05) is 50.5 Å². The van der Waals surface area contributed by atoms with Gasteiger partial charge in [-0.15, -0.1) is 0 Å². The minimum absolute atomic E-state index is 0.0130. The van der Waals surface area contributed by atoms with Gasteiger partial charge in [0.2, 0.25) is 0 Å². The molecule has 4 nitrogen and oxygen atoms in total.